The quantitative estimate of drug-likeness (QED) is 0.915. The van der Waals surface area contributed by atoms with Crippen LogP contribution in [0.1, 0.15) is 26.5 Å². The summed E-state index contributed by atoms with van der Waals surface area (Å²) in [6.07, 6.45) is -0.354. The zero-order valence-corrected chi connectivity index (χ0v) is 12.3. The number of anilines is 1. The molecule has 0 aromatic carbocycles. The van der Waals surface area contributed by atoms with Crippen LogP contribution >= 0.6 is 0 Å². The Balaban J connectivity index is 1.88. The Morgan fingerprint density at radius 2 is 2.10 bits per heavy atom. The number of nitrogens with zero attached hydrogens (tertiary/aromatic N) is 2. The molecule has 0 atom stereocenters. The van der Waals surface area contributed by atoms with Gasteiger partial charge in [-0.25, -0.2) is 4.79 Å². The highest BCUT2D eigenvalue weighted by Gasteiger charge is 2.23. The van der Waals surface area contributed by atoms with Crippen molar-refractivity contribution in [2.45, 2.75) is 32.5 Å². The van der Waals surface area contributed by atoms with Crippen LogP contribution in [0, 0.1) is 0 Å². The molecular formula is C13H21N3O4. The lowest BCUT2D eigenvalue weighted by Gasteiger charge is -2.19. The molecule has 0 unspecified atom stereocenters. The molecule has 0 saturated carbocycles. The van der Waals surface area contributed by atoms with Crippen LogP contribution in [0.3, 0.4) is 0 Å². The molecule has 1 aliphatic rings. The Kier molecular flexibility index (Phi) is 4.29. The number of rotatable bonds is 3. The maximum atomic E-state index is 12.0. The second-order valence-corrected chi connectivity index (χ2v) is 5.81. The van der Waals surface area contributed by atoms with Gasteiger partial charge in [0.2, 0.25) is 0 Å². The van der Waals surface area contributed by atoms with Gasteiger partial charge in [0.1, 0.15) is 5.76 Å². The highest BCUT2D eigenvalue weighted by Crippen LogP contribution is 2.24. The van der Waals surface area contributed by atoms with E-state index >= 15 is 0 Å². The molecule has 2 rings (SSSR count). The van der Waals surface area contributed by atoms with Gasteiger partial charge in [0.05, 0.1) is 19.8 Å². The third-order valence-corrected chi connectivity index (χ3v) is 2.94. The second-order valence-electron chi connectivity index (χ2n) is 5.81. The number of urea groups is 1. The molecule has 7 nitrogen and oxygen atoms in total. The van der Waals surface area contributed by atoms with E-state index in [1.54, 1.807) is 13.1 Å². The molecule has 1 aromatic heterocycles. The Bertz CT molecular complexity index is 460. The van der Waals surface area contributed by atoms with Gasteiger partial charge in [-0.3, -0.25) is 5.32 Å². The standard InChI is InChI=1S/C13H21N3O4/c1-13(2,3)9-7-10(15-20-9)14-12(17)16(4)8-11-18-5-6-19-11/h7,11H,5-6,8H2,1-4H3,(H,14,15,17). The van der Waals surface area contributed by atoms with Crippen molar-refractivity contribution in [1.82, 2.24) is 10.1 Å². The summed E-state index contributed by atoms with van der Waals surface area (Å²) < 4.78 is 15.8. The average molecular weight is 283 g/mol. The van der Waals surface area contributed by atoms with Crippen LogP contribution in [0.25, 0.3) is 0 Å². The lowest BCUT2D eigenvalue weighted by molar-refractivity contribution is -0.0518. The van der Waals surface area contributed by atoms with Crippen LogP contribution in [0.5, 0.6) is 0 Å². The van der Waals surface area contributed by atoms with Crippen LogP contribution in [-0.4, -0.2) is 49.2 Å². The summed E-state index contributed by atoms with van der Waals surface area (Å²) in [5, 5.41) is 6.52. The van der Waals surface area contributed by atoms with E-state index in [4.69, 9.17) is 14.0 Å². The molecule has 0 radical (unpaired) electrons. The summed E-state index contributed by atoms with van der Waals surface area (Å²) >= 11 is 0. The molecule has 1 saturated heterocycles. The van der Waals surface area contributed by atoms with E-state index in [2.05, 4.69) is 10.5 Å². The first-order valence-corrected chi connectivity index (χ1v) is 6.59. The van der Waals surface area contributed by atoms with Crippen LogP contribution in [0.2, 0.25) is 0 Å². The van der Waals surface area contributed by atoms with Crippen molar-refractivity contribution in [2.75, 3.05) is 32.1 Å². The van der Waals surface area contributed by atoms with Crippen molar-refractivity contribution in [3.8, 4) is 0 Å². The fraction of sp³-hybridized carbons (Fsp3) is 0.692. The first kappa shape index (κ1) is 14.8. The van der Waals surface area contributed by atoms with Crippen molar-refractivity contribution in [2.24, 2.45) is 0 Å². The van der Waals surface area contributed by atoms with Crippen molar-refractivity contribution >= 4 is 11.8 Å². The first-order chi connectivity index (χ1) is 9.36. The van der Waals surface area contributed by atoms with E-state index in [0.29, 0.717) is 25.6 Å². The summed E-state index contributed by atoms with van der Waals surface area (Å²) in [5.41, 5.74) is -0.145. The highest BCUT2D eigenvalue weighted by molar-refractivity contribution is 5.88. The average Bonchev–Trinajstić information content (AvgIpc) is 2.98. The van der Waals surface area contributed by atoms with Gasteiger partial charge < -0.3 is 18.9 Å². The number of ether oxygens (including phenoxy) is 2. The molecule has 2 heterocycles. The van der Waals surface area contributed by atoms with Gasteiger partial charge in [-0.15, -0.1) is 0 Å². The molecule has 2 amide bonds. The maximum Gasteiger partial charge on any atom is 0.323 e. The minimum atomic E-state index is -0.354. The molecule has 0 spiro atoms. The minimum absolute atomic E-state index is 0.145. The molecule has 112 valence electrons. The van der Waals surface area contributed by atoms with Gasteiger partial charge in [0.15, 0.2) is 12.1 Å². The Hall–Kier alpha value is -1.60. The number of aromatic nitrogens is 1. The Morgan fingerprint density at radius 3 is 2.65 bits per heavy atom. The van der Waals surface area contributed by atoms with E-state index in [9.17, 15) is 4.79 Å². The van der Waals surface area contributed by atoms with Gasteiger partial charge in [-0.05, 0) is 0 Å². The Labute approximate surface area is 118 Å². The van der Waals surface area contributed by atoms with Crippen molar-refractivity contribution in [3.05, 3.63) is 11.8 Å². The van der Waals surface area contributed by atoms with E-state index in [0.717, 1.165) is 5.76 Å². The van der Waals surface area contributed by atoms with Crippen LogP contribution < -0.4 is 5.32 Å². The fourth-order valence-corrected chi connectivity index (χ4v) is 1.71. The monoisotopic (exact) mass is 283 g/mol. The molecule has 7 heteroatoms. The highest BCUT2D eigenvalue weighted by atomic mass is 16.7. The predicted octanol–water partition coefficient (Wildman–Crippen LogP) is 1.81. The number of hydrogen-bond acceptors (Lipinski definition) is 5. The lowest BCUT2D eigenvalue weighted by Crippen LogP contribution is -2.37. The van der Waals surface area contributed by atoms with Crippen LogP contribution in [0.4, 0.5) is 10.6 Å². The summed E-state index contributed by atoms with van der Waals surface area (Å²) in [4.78, 5) is 13.5. The topological polar surface area (TPSA) is 76.8 Å². The smallest absolute Gasteiger partial charge is 0.323 e. The molecule has 0 bridgehead atoms. The van der Waals surface area contributed by atoms with Gasteiger partial charge in [0, 0.05) is 18.5 Å². The molecule has 1 aliphatic heterocycles. The maximum absolute atomic E-state index is 12.0. The third-order valence-electron chi connectivity index (χ3n) is 2.94. The van der Waals surface area contributed by atoms with Gasteiger partial charge >= 0.3 is 6.03 Å². The van der Waals surface area contributed by atoms with E-state index < -0.39 is 0 Å². The number of carbonyl (C=O) groups excluding carboxylic acids is 1. The number of nitrogens with one attached hydrogen (secondary N) is 1. The number of amides is 2. The molecule has 0 aliphatic carbocycles. The van der Waals surface area contributed by atoms with Crippen LogP contribution in [0.15, 0.2) is 10.6 Å². The van der Waals surface area contributed by atoms with E-state index in [1.165, 1.54) is 4.90 Å². The minimum Gasteiger partial charge on any atom is -0.359 e. The van der Waals surface area contributed by atoms with Gasteiger partial charge in [-0.2, -0.15) is 0 Å². The molecule has 1 N–H and O–H groups in total. The summed E-state index contributed by atoms with van der Waals surface area (Å²) in [7, 11) is 1.67. The van der Waals surface area contributed by atoms with E-state index in [-0.39, 0.29) is 17.7 Å². The van der Waals surface area contributed by atoms with Crippen molar-refractivity contribution in [3.63, 3.8) is 0 Å². The van der Waals surface area contributed by atoms with Crippen molar-refractivity contribution in [1.29, 1.82) is 0 Å². The van der Waals surface area contributed by atoms with Crippen molar-refractivity contribution < 1.29 is 18.8 Å². The first-order valence-electron chi connectivity index (χ1n) is 6.59. The largest absolute Gasteiger partial charge is 0.359 e. The third kappa shape index (κ3) is 3.71. The molecule has 1 aromatic rings. The number of hydrogen-bond donors (Lipinski definition) is 1. The molecule has 20 heavy (non-hydrogen) atoms. The number of likely N-dealkylation sites (N-methyl/N-ethyl adjacent to an activating group) is 1. The predicted molar refractivity (Wildman–Crippen MR) is 72.5 cm³/mol. The van der Waals surface area contributed by atoms with Gasteiger partial charge in [0.25, 0.3) is 0 Å². The molecular weight excluding hydrogens is 262 g/mol. The lowest BCUT2D eigenvalue weighted by atomic mass is 9.93. The Morgan fingerprint density at radius 1 is 1.45 bits per heavy atom. The SMILES string of the molecule is CN(CC1OCCO1)C(=O)Nc1cc(C(C)(C)C)on1. The van der Waals surface area contributed by atoms with Crippen LogP contribution in [-0.2, 0) is 14.9 Å². The fourth-order valence-electron chi connectivity index (χ4n) is 1.71. The zero-order chi connectivity index (χ0) is 14.8. The number of carbonyl (C=O) groups is 1. The summed E-state index contributed by atoms with van der Waals surface area (Å²) in [6, 6.07) is 1.45. The van der Waals surface area contributed by atoms with E-state index in [1.807, 2.05) is 20.8 Å². The second kappa shape index (κ2) is 5.80. The summed E-state index contributed by atoms with van der Waals surface area (Å²) in [6.45, 7) is 7.55. The molecule has 1 fully saturated rings. The normalized spacial score (nSPS) is 16.4. The zero-order valence-electron chi connectivity index (χ0n) is 12.3. The summed E-state index contributed by atoms with van der Waals surface area (Å²) in [5.74, 6) is 1.12. The van der Waals surface area contributed by atoms with Gasteiger partial charge in [-0.1, -0.05) is 25.9 Å².